The Bertz CT molecular complexity index is 308. The highest BCUT2D eigenvalue weighted by Gasteiger charge is 2.23. The monoisotopic (exact) mass is 239 g/mol. The van der Waals surface area contributed by atoms with Crippen LogP contribution in [-0.2, 0) is 14.3 Å². The van der Waals surface area contributed by atoms with E-state index in [9.17, 15) is 9.59 Å². The van der Waals surface area contributed by atoms with Gasteiger partial charge >= 0.3 is 5.97 Å². The quantitative estimate of drug-likeness (QED) is 0.419. The number of esters is 1. The van der Waals surface area contributed by atoms with Crippen LogP contribution >= 0.6 is 0 Å². The van der Waals surface area contributed by atoms with E-state index in [2.05, 4.69) is 18.5 Å². The van der Waals surface area contributed by atoms with Crippen molar-refractivity contribution in [1.82, 2.24) is 5.32 Å². The molecule has 96 valence electrons. The minimum atomic E-state index is -0.626. The Hall–Kier alpha value is -1.58. The Balaban J connectivity index is 4.51. The molecule has 1 N–H and O–H groups in total. The highest BCUT2D eigenvalue weighted by molar-refractivity contribution is 5.95. The first-order chi connectivity index (χ1) is 7.88. The summed E-state index contributed by atoms with van der Waals surface area (Å²) in [5.74, 6) is -0.485. The molecule has 0 aromatic heterocycles. The van der Waals surface area contributed by atoms with E-state index in [-0.39, 0.29) is 18.4 Å². The third-order valence-electron chi connectivity index (χ3n) is 2.03. The topological polar surface area (TPSA) is 55.4 Å². The molecule has 17 heavy (non-hydrogen) atoms. The largest absolute Gasteiger partial charge is 0.460 e. The van der Waals surface area contributed by atoms with E-state index in [1.54, 1.807) is 6.92 Å². The molecule has 1 amide bonds. The molecule has 4 heteroatoms. The van der Waals surface area contributed by atoms with E-state index in [1.165, 1.54) is 6.08 Å². The summed E-state index contributed by atoms with van der Waals surface area (Å²) < 4.78 is 4.93. The maximum Gasteiger partial charge on any atom is 0.328 e. The Morgan fingerprint density at radius 3 is 2.41 bits per heavy atom. The molecule has 0 fully saturated rings. The summed E-state index contributed by atoms with van der Waals surface area (Å²) in [5, 5.41) is 2.61. The van der Waals surface area contributed by atoms with Crippen LogP contribution in [0.1, 0.15) is 27.2 Å². The average molecular weight is 239 g/mol. The number of hydrogen-bond donors (Lipinski definition) is 1. The van der Waals surface area contributed by atoms with Crippen LogP contribution in [0.2, 0.25) is 0 Å². The van der Waals surface area contributed by atoms with Gasteiger partial charge in [-0.15, -0.1) is 0 Å². The number of carbonyl (C=O) groups excluding carboxylic acids is 2. The van der Waals surface area contributed by atoms with E-state index >= 15 is 0 Å². The second kappa shape index (κ2) is 7.65. The van der Waals surface area contributed by atoms with Crippen molar-refractivity contribution in [2.75, 3.05) is 6.61 Å². The van der Waals surface area contributed by atoms with Gasteiger partial charge in [0.25, 0.3) is 0 Å². The van der Waals surface area contributed by atoms with Gasteiger partial charge in [0.2, 0.25) is 5.91 Å². The van der Waals surface area contributed by atoms with Gasteiger partial charge in [0.15, 0.2) is 0 Å². The summed E-state index contributed by atoms with van der Waals surface area (Å²) in [6.45, 7) is 12.7. The lowest BCUT2D eigenvalue weighted by Crippen LogP contribution is -2.43. The third kappa shape index (κ3) is 6.56. The van der Waals surface area contributed by atoms with Crippen LogP contribution in [0.4, 0.5) is 0 Å². The molecule has 1 atom stereocenters. The minimum absolute atomic E-state index is 0.149. The van der Waals surface area contributed by atoms with E-state index < -0.39 is 12.0 Å². The number of ether oxygens (including phenoxy) is 1. The molecule has 0 bridgehead atoms. The van der Waals surface area contributed by atoms with Crippen molar-refractivity contribution in [3.63, 3.8) is 0 Å². The molecule has 4 nitrogen and oxygen atoms in total. The van der Waals surface area contributed by atoms with E-state index in [0.717, 1.165) is 0 Å². The van der Waals surface area contributed by atoms with Crippen molar-refractivity contribution >= 4 is 11.9 Å². The number of hydrogen-bond acceptors (Lipinski definition) is 3. The molecule has 0 aromatic rings. The van der Waals surface area contributed by atoms with Gasteiger partial charge in [-0.3, -0.25) is 4.79 Å². The summed E-state index contributed by atoms with van der Waals surface area (Å²) in [5.41, 5.74) is 0.371. The summed E-state index contributed by atoms with van der Waals surface area (Å²) in [6.07, 6.45) is 2.03. The molecule has 0 spiro atoms. The van der Waals surface area contributed by atoms with Gasteiger partial charge in [0, 0.05) is 5.57 Å². The number of nitrogens with one attached hydrogen (secondary N) is 1. The molecule has 0 saturated carbocycles. The first-order valence-corrected chi connectivity index (χ1v) is 5.62. The molecule has 0 heterocycles. The van der Waals surface area contributed by atoms with Crippen molar-refractivity contribution < 1.29 is 14.3 Å². The maximum atomic E-state index is 11.7. The van der Waals surface area contributed by atoms with Gasteiger partial charge in [0.1, 0.15) is 12.6 Å². The molecular formula is C13H21NO3. The second-order valence-corrected chi connectivity index (χ2v) is 4.35. The van der Waals surface area contributed by atoms with Crippen LogP contribution in [0.25, 0.3) is 0 Å². The van der Waals surface area contributed by atoms with Crippen molar-refractivity contribution in [1.29, 1.82) is 0 Å². The fourth-order valence-electron chi connectivity index (χ4n) is 1.21. The summed E-state index contributed by atoms with van der Waals surface area (Å²) in [4.78, 5) is 23.2. The Morgan fingerprint density at radius 1 is 1.41 bits per heavy atom. The first kappa shape index (κ1) is 15.4. The predicted octanol–water partition coefficient (Wildman–Crippen LogP) is 1.82. The van der Waals surface area contributed by atoms with Gasteiger partial charge in [-0.25, -0.2) is 4.79 Å². The molecule has 0 aromatic carbocycles. The van der Waals surface area contributed by atoms with E-state index in [1.807, 2.05) is 13.8 Å². The smallest absolute Gasteiger partial charge is 0.328 e. The number of rotatable bonds is 7. The van der Waals surface area contributed by atoms with Crippen LogP contribution in [0, 0.1) is 5.92 Å². The Labute approximate surface area is 103 Å². The maximum absolute atomic E-state index is 11.7. The lowest BCUT2D eigenvalue weighted by molar-refractivity contribution is -0.146. The van der Waals surface area contributed by atoms with E-state index in [4.69, 9.17) is 4.74 Å². The van der Waals surface area contributed by atoms with Gasteiger partial charge in [-0.05, 0) is 19.3 Å². The Morgan fingerprint density at radius 2 is 2.00 bits per heavy atom. The van der Waals surface area contributed by atoms with Crippen molar-refractivity contribution in [2.24, 2.45) is 5.92 Å². The molecular weight excluding hydrogens is 218 g/mol. The third-order valence-corrected chi connectivity index (χ3v) is 2.03. The highest BCUT2D eigenvalue weighted by atomic mass is 16.5. The summed E-state index contributed by atoms with van der Waals surface area (Å²) >= 11 is 0. The predicted molar refractivity (Wildman–Crippen MR) is 67.4 cm³/mol. The SMILES string of the molecule is C=CCOC(=O)[C@H](CC(C)C)NC(=O)C(=C)C. The van der Waals surface area contributed by atoms with Crippen molar-refractivity contribution in [3.05, 3.63) is 24.8 Å². The second-order valence-electron chi connectivity index (χ2n) is 4.35. The highest BCUT2D eigenvalue weighted by Crippen LogP contribution is 2.07. The van der Waals surface area contributed by atoms with Crippen LogP contribution < -0.4 is 5.32 Å². The number of amides is 1. The molecule has 0 aliphatic rings. The fraction of sp³-hybridized carbons (Fsp3) is 0.538. The molecule has 0 aliphatic heterocycles. The van der Waals surface area contributed by atoms with Crippen molar-refractivity contribution in [3.8, 4) is 0 Å². The van der Waals surface area contributed by atoms with Crippen LogP contribution in [0.3, 0.4) is 0 Å². The van der Waals surface area contributed by atoms with Gasteiger partial charge in [-0.1, -0.05) is 33.1 Å². The van der Waals surface area contributed by atoms with Crippen LogP contribution in [-0.4, -0.2) is 24.5 Å². The molecule has 0 unspecified atom stereocenters. The summed E-state index contributed by atoms with van der Waals surface area (Å²) in [7, 11) is 0. The summed E-state index contributed by atoms with van der Waals surface area (Å²) in [6, 6.07) is -0.626. The zero-order chi connectivity index (χ0) is 13.4. The van der Waals surface area contributed by atoms with E-state index in [0.29, 0.717) is 12.0 Å². The average Bonchev–Trinajstić information content (AvgIpc) is 2.23. The number of carbonyl (C=O) groups is 2. The van der Waals surface area contributed by atoms with Crippen LogP contribution in [0.5, 0.6) is 0 Å². The zero-order valence-electron chi connectivity index (χ0n) is 10.8. The van der Waals surface area contributed by atoms with Crippen molar-refractivity contribution in [2.45, 2.75) is 33.2 Å². The van der Waals surface area contributed by atoms with Crippen LogP contribution in [0.15, 0.2) is 24.8 Å². The first-order valence-electron chi connectivity index (χ1n) is 5.62. The normalized spacial score (nSPS) is 11.8. The van der Waals surface area contributed by atoms with Gasteiger partial charge in [0.05, 0.1) is 0 Å². The molecule has 0 radical (unpaired) electrons. The van der Waals surface area contributed by atoms with Gasteiger partial charge < -0.3 is 10.1 Å². The Kier molecular flexibility index (Phi) is 6.94. The molecule has 0 saturated heterocycles. The molecule has 0 aliphatic carbocycles. The lowest BCUT2D eigenvalue weighted by Gasteiger charge is -2.19. The lowest BCUT2D eigenvalue weighted by atomic mass is 10.0. The van der Waals surface area contributed by atoms with Gasteiger partial charge in [-0.2, -0.15) is 0 Å². The minimum Gasteiger partial charge on any atom is -0.460 e. The standard InChI is InChI=1S/C13H21NO3/c1-6-7-17-13(16)11(8-9(2)3)14-12(15)10(4)5/h6,9,11H,1,4,7-8H2,2-3,5H3,(H,14,15)/t11-/m0/s1. The zero-order valence-corrected chi connectivity index (χ0v) is 10.8. The fourth-order valence-corrected chi connectivity index (χ4v) is 1.21. The molecule has 0 rings (SSSR count).